The third-order valence-electron chi connectivity index (χ3n) is 12.1. The van der Waals surface area contributed by atoms with Gasteiger partial charge in [0.1, 0.15) is 0 Å². The van der Waals surface area contributed by atoms with Gasteiger partial charge in [-0.1, -0.05) is 109 Å². The Morgan fingerprint density at radius 3 is 0.946 bits per heavy atom. The predicted octanol–water partition coefficient (Wildman–Crippen LogP) is 9.47. The molecule has 2 N–H and O–H groups in total. The second-order valence-electron chi connectivity index (χ2n) is 16.4. The molecule has 56 heavy (non-hydrogen) atoms. The third kappa shape index (κ3) is 4.54. The van der Waals surface area contributed by atoms with E-state index < -0.39 is 11.2 Å². The van der Waals surface area contributed by atoms with Crippen LogP contribution < -0.4 is 30.2 Å². The van der Waals surface area contributed by atoms with Crippen molar-refractivity contribution in [1.82, 2.24) is 0 Å². The first kappa shape index (κ1) is 33.2. The Bertz CT molecular complexity index is 2570. The van der Waals surface area contributed by atoms with Crippen molar-refractivity contribution in [2.24, 2.45) is 0 Å². The molecule has 0 atom stereocenters. The van der Waals surface area contributed by atoms with Gasteiger partial charge in [-0.25, -0.2) is 0 Å². The van der Waals surface area contributed by atoms with Gasteiger partial charge in [0.2, 0.25) is 0 Å². The predicted molar refractivity (Wildman–Crippen MR) is 233 cm³/mol. The van der Waals surface area contributed by atoms with Crippen LogP contribution in [0.15, 0.2) is 158 Å². The minimum Gasteiger partial charge on any atom is -0.386 e. The van der Waals surface area contributed by atoms with E-state index in [2.05, 4.69) is 153 Å². The van der Waals surface area contributed by atoms with Gasteiger partial charge in [0.25, 0.3) is 0 Å². The van der Waals surface area contributed by atoms with Crippen molar-refractivity contribution >= 4 is 70.4 Å². The monoisotopic (exact) mass is 726 g/mol. The third-order valence-corrected chi connectivity index (χ3v) is 12.1. The number of aliphatic hydroxyl groups is 2. The summed E-state index contributed by atoms with van der Waals surface area (Å²) < 4.78 is 0. The number of hydrogen-bond donors (Lipinski definition) is 2. The SMILES string of the molecule is CC(C)(O)c1ccccc1N1B2c3cc4c(cc3-c3ccccc3N2c2ccccc21)B1N(c2ccccc2-4)c2ccccc2N1c1ccccc1C(C)(C)O. The average Bonchev–Trinajstić information content (AvgIpc) is 3.74. The summed E-state index contributed by atoms with van der Waals surface area (Å²) >= 11 is 0. The molecule has 0 fully saturated rings. The molecular weight excluding hydrogens is 686 g/mol. The van der Waals surface area contributed by atoms with E-state index in [1.807, 2.05) is 52.0 Å². The Morgan fingerprint density at radius 1 is 0.339 bits per heavy atom. The summed E-state index contributed by atoms with van der Waals surface area (Å²) in [5, 5.41) is 23.2. The van der Waals surface area contributed by atoms with Gasteiger partial charge in [0.15, 0.2) is 0 Å². The Hall–Kier alpha value is -6.21. The van der Waals surface area contributed by atoms with Gasteiger partial charge in [-0.15, -0.1) is 0 Å². The molecule has 0 bridgehead atoms. The molecule has 270 valence electrons. The average molecular weight is 726 g/mol. The van der Waals surface area contributed by atoms with Crippen molar-refractivity contribution in [1.29, 1.82) is 0 Å². The number of para-hydroxylation sites is 8. The highest BCUT2D eigenvalue weighted by molar-refractivity contribution is 6.89. The molecule has 11 rings (SSSR count). The number of fused-ring (bicyclic) bond motifs is 16. The first-order valence-electron chi connectivity index (χ1n) is 19.5. The van der Waals surface area contributed by atoms with E-state index in [1.54, 1.807) is 0 Å². The fourth-order valence-electron chi connectivity index (χ4n) is 9.86. The lowest BCUT2D eigenvalue weighted by Gasteiger charge is -2.41. The Morgan fingerprint density at radius 2 is 0.607 bits per heavy atom. The largest absolute Gasteiger partial charge is 0.421 e. The minimum atomic E-state index is -1.06. The summed E-state index contributed by atoms with van der Waals surface area (Å²) in [5.41, 5.74) is 15.5. The van der Waals surface area contributed by atoms with Gasteiger partial charge < -0.3 is 29.5 Å². The van der Waals surface area contributed by atoms with Crippen LogP contribution in [0, 0.1) is 0 Å². The lowest BCUT2D eigenvalue weighted by Crippen LogP contribution is -2.59. The van der Waals surface area contributed by atoms with E-state index in [1.165, 1.54) is 33.2 Å². The molecule has 4 aliphatic heterocycles. The summed E-state index contributed by atoms with van der Waals surface area (Å²) in [7, 11) is 0. The smallest absolute Gasteiger partial charge is 0.386 e. The van der Waals surface area contributed by atoms with Crippen LogP contribution in [0.5, 0.6) is 0 Å². The van der Waals surface area contributed by atoms with Crippen LogP contribution in [-0.2, 0) is 11.2 Å². The Kier molecular flexibility index (Phi) is 6.90. The van der Waals surface area contributed by atoms with E-state index in [9.17, 15) is 10.2 Å². The summed E-state index contributed by atoms with van der Waals surface area (Å²) in [6.45, 7) is 7.05. The topological polar surface area (TPSA) is 53.4 Å². The zero-order valence-electron chi connectivity index (χ0n) is 31.8. The number of benzene rings is 7. The van der Waals surface area contributed by atoms with Crippen LogP contribution in [0.3, 0.4) is 0 Å². The first-order valence-corrected chi connectivity index (χ1v) is 19.5. The van der Waals surface area contributed by atoms with Crippen molar-refractivity contribution < 1.29 is 10.2 Å². The zero-order chi connectivity index (χ0) is 38.1. The van der Waals surface area contributed by atoms with E-state index in [0.717, 1.165) is 56.6 Å². The molecule has 0 amide bonds. The van der Waals surface area contributed by atoms with Gasteiger partial charge in [0, 0.05) is 45.0 Å². The van der Waals surface area contributed by atoms with Crippen molar-refractivity contribution in [3.05, 3.63) is 169 Å². The van der Waals surface area contributed by atoms with Gasteiger partial charge >= 0.3 is 14.0 Å². The number of hydrogen-bond acceptors (Lipinski definition) is 6. The molecule has 0 unspecified atom stereocenters. The normalized spacial score (nSPS) is 14.8. The fraction of sp³-hybridized carbons (Fsp3) is 0.125. The standard InChI is InChI=1S/C48H40B2N4O2/c1-47(2,55)35-19-7-11-23-41(35)53-45-27-15-13-25-43(45)51-39-21-9-5-17-31(39)33-30-38-34(29-37(33)49(51)53)32-18-6-10-22-40(32)52-44-26-14-16-28-46(44)54(50(38)52)42-24-12-8-20-36(42)48(3,4)56/h5-30,55-56H,1-4H3. The summed E-state index contributed by atoms with van der Waals surface area (Å²) in [4.78, 5) is 9.84. The first-order chi connectivity index (χ1) is 27.1. The van der Waals surface area contributed by atoms with Crippen LogP contribution in [0.1, 0.15) is 38.8 Å². The molecule has 4 aliphatic rings. The number of rotatable bonds is 4. The Labute approximate surface area is 328 Å². The van der Waals surface area contributed by atoms with Gasteiger partial charge in [-0.3, -0.25) is 0 Å². The highest BCUT2D eigenvalue weighted by Crippen LogP contribution is 2.55. The molecule has 7 aromatic rings. The quantitative estimate of drug-likeness (QED) is 0.176. The molecule has 0 radical (unpaired) electrons. The molecule has 0 aromatic heterocycles. The molecule has 4 heterocycles. The van der Waals surface area contributed by atoms with E-state index in [0.29, 0.717) is 0 Å². The Balaban J connectivity index is 1.21. The van der Waals surface area contributed by atoms with E-state index in [4.69, 9.17) is 0 Å². The highest BCUT2D eigenvalue weighted by atomic mass is 16.3. The van der Waals surface area contributed by atoms with Crippen molar-refractivity contribution in [2.75, 3.05) is 19.2 Å². The lowest BCUT2D eigenvalue weighted by molar-refractivity contribution is 0.0786. The highest BCUT2D eigenvalue weighted by Gasteiger charge is 2.52. The molecule has 0 saturated carbocycles. The molecule has 7 aromatic carbocycles. The second kappa shape index (κ2) is 11.7. The maximum Gasteiger partial charge on any atom is 0.421 e. The summed E-state index contributed by atoms with van der Waals surface area (Å²) in [5.74, 6) is 0. The van der Waals surface area contributed by atoms with Crippen molar-refractivity contribution in [3.63, 3.8) is 0 Å². The lowest BCUT2D eigenvalue weighted by atomic mass is 9.53. The van der Waals surface area contributed by atoms with Crippen LogP contribution in [0.25, 0.3) is 22.3 Å². The minimum absolute atomic E-state index is 0.218. The van der Waals surface area contributed by atoms with Gasteiger partial charge in [-0.05, 0) is 98.3 Å². The maximum absolute atomic E-state index is 11.6. The van der Waals surface area contributed by atoms with E-state index in [-0.39, 0.29) is 14.0 Å². The van der Waals surface area contributed by atoms with Crippen molar-refractivity contribution in [3.8, 4) is 22.3 Å². The fourth-order valence-corrected chi connectivity index (χ4v) is 9.86. The zero-order valence-corrected chi connectivity index (χ0v) is 31.8. The molecule has 0 spiro atoms. The molecule has 8 heteroatoms. The number of anilines is 8. The van der Waals surface area contributed by atoms with Gasteiger partial charge in [-0.2, -0.15) is 0 Å². The van der Waals surface area contributed by atoms with Crippen LogP contribution in [0.4, 0.5) is 45.5 Å². The van der Waals surface area contributed by atoms with E-state index >= 15 is 0 Å². The van der Waals surface area contributed by atoms with Crippen LogP contribution in [0.2, 0.25) is 0 Å². The molecular formula is C48H40B2N4O2. The molecule has 0 saturated heterocycles. The number of nitrogens with zero attached hydrogens (tertiary/aromatic N) is 4. The summed E-state index contributed by atoms with van der Waals surface area (Å²) in [6.07, 6.45) is 0. The van der Waals surface area contributed by atoms with Crippen molar-refractivity contribution in [2.45, 2.75) is 38.9 Å². The molecule has 0 aliphatic carbocycles. The second-order valence-corrected chi connectivity index (χ2v) is 16.4. The van der Waals surface area contributed by atoms with Crippen LogP contribution in [-0.4, -0.2) is 24.2 Å². The summed E-state index contributed by atoms with van der Waals surface area (Å²) in [6, 6.07) is 56.3. The van der Waals surface area contributed by atoms with Gasteiger partial charge in [0.05, 0.1) is 34.0 Å². The molecule has 6 nitrogen and oxygen atoms in total. The maximum atomic E-state index is 11.6. The van der Waals surface area contributed by atoms with Crippen LogP contribution >= 0.6 is 0 Å².